The minimum atomic E-state index is 0. The van der Waals surface area contributed by atoms with Crippen molar-refractivity contribution in [1.29, 1.82) is 0 Å². The topological polar surface area (TPSA) is 54.0 Å². The molecule has 0 saturated carbocycles. The lowest BCUT2D eigenvalue weighted by Gasteiger charge is -2.31. The van der Waals surface area contributed by atoms with E-state index in [9.17, 15) is 4.79 Å². The maximum absolute atomic E-state index is 12.2. The zero-order valence-corrected chi connectivity index (χ0v) is 14.1. The lowest BCUT2D eigenvalue weighted by molar-refractivity contribution is -0.121. The summed E-state index contributed by atoms with van der Waals surface area (Å²) in [6, 6.07) is 0. The lowest BCUT2D eigenvalue weighted by Crippen LogP contribution is -2.48. The zero-order chi connectivity index (χ0) is 13.9. The van der Waals surface area contributed by atoms with Crippen molar-refractivity contribution < 1.29 is 4.79 Å². The van der Waals surface area contributed by atoms with Gasteiger partial charge in [-0.2, -0.15) is 0 Å². The molecule has 1 unspecified atom stereocenters. The molecule has 0 radical (unpaired) electrons. The molecule has 2 N–H and O–H groups in total. The monoisotopic (exact) mass is 329 g/mol. The summed E-state index contributed by atoms with van der Waals surface area (Å²) in [4.78, 5) is 18.3. The first-order chi connectivity index (χ1) is 9.74. The number of carbonyl (C=O) groups is 1. The number of nitrogens with zero attached hydrogens (tertiary/aromatic N) is 1. The molecular formula is C15H24ClN3OS. The molecule has 1 fully saturated rings. The lowest BCUT2D eigenvalue weighted by atomic mass is 9.88. The van der Waals surface area contributed by atoms with Crippen molar-refractivity contribution in [3.8, 4) is 0 Å². The quantitative estimate of drug-likeness (QED) is 0.896. The molecule has 3 rings (SSSR count). The number of carbonyl (C=O) groups excluding carboxylic acids is 1. The van der Waals surface area contributed by atoms with Gasteiger partial charge in [0, 0.05) is 10.8 Å². The molecule has 1 aliphatic heterocycles. The van der Waals surface area contributed by atoms with E-state index < -0.39 is 0 Å². The van der Waals surface area contributed by atoms with E-state index >= 15 is 0 Å². The van der Waals surface area contributed by atoms with Crippen molar-refractivity contribution in [3.63, 3.8) is 0 Å². The van der Waals surface area contributed by atoms with Crippen molar-refractivity contribution in [1.82, 2.24) is 10.3 Å². The number of rotatable bonds is 3. The molecule has 0 spiro atoms. The summed E-state index contributed by atoms with van der Waals surface area (Å²) >= 11 is 1.68. The Morgan fingerprint density at radius 3 is 2.67 bits per heavy atom. The number of anilines is 1. The third-order valence-corrected chi connectivity index (χ3v) is 5.58. The number of nitrogens with one attached hydrogen (secondary N) is 2. The van der Waals surface area contributed by atoms with E-state index in [4.69, 9.17) is 0 Å². The summed E-state index contributed by atoms with van der Waals surface area (Å²) < 4.78 is 0. The molecule has 0 bridgehead atoms. The fourth-order valence-electron chi connectivity index (χ4n) is 2.86. The number of hydrogen-bond acceptors (Lipinski definition) is 4. The van der Waals surface area contributed by atoms with Crippen LogP contribution in [-0.4, -0.2) is 24.0 Å². The van der Waals surface area contributed by atoms with Crippen LogP contribution in [0.5, 0.6) is 0 Å². The van der Waals surface area contributed by atoms with Crippen LogP contribution in [0.15, 0.2) is 0 Å². The van der Waals surface area contributed by atoms with Crippen molar-refractivity contribution in [3.05, 3.63) is 10.6 Å². The van der Waals surface area contributed by atoms with Crippen LogP contribution in [0.2, 0.25) is 0 Å². The molecule has 118 valence electrons. The summed E-state index contributed by atoms with van der Waals surface area (Å²) in [6.07, 6.45) is 7.32. The summed E-state index contributed by atoms with van der Waals surface area (Å²) in [6.45, 7) is 3.94. The summed E-state index contributed by atoms with van der Waals surface area (Å²) in [5.41, 5.74) is 1.22. The molecule has 1 aliphatic carbocycles. The molecular weight excluding hydrogens is 306 g/mol. The van der Waals surface area contributed by atoms with Gasteiger partial charge in [0.25, 0.3) is 0 Å². The van der Waals surface area contributed by atoms with Crippen LogP contribution in [-0.2, 0) is 17.6 Å². The molecule has 21 heavy (non-hydrogen) atoms. The average molecular weight is 330 g/mol. The van der Waals surface area contributed by atoms with Gasteiger partial charge in [0.1, 0.15) is 0 Å². The molecule has 1 aromatic heterocycles. The van der Waals surface area contributed by atoms with Gasteiger partial charge >= 0.3 is 0 Å². The standard InChI is InChI=1S/C15H23N3OS.ClH/c1-10(11-8-16-9-11)14(19)18-15-17-12-6-4-2-3-5-7-13(12)20-15;/h10-11,16H,2-9H2,1H3,(H,17,18,19);1H. The number of thiazole rings is 1. The normalized spacial score (nSPS) is 20.2. The van der Waals surface area contributed by atoms with E-state index in [1.165, 1.54) is 36.3 Å². The first-order valence-corrected chi connectivity index (χ1v) is 8.56. The minimum Gasteiger partial charge on any atom is -0.316 e. The first-order valence-electron chi connectivity index (χ1n) is 7.74. The number of fused-ring (bicyclic) bond motifs is 1. The van der Waals surface area contributed by atoms with Gasteiger partial charge in [0.2, 0.25) is 5.91 Å². The molecule has 1 amide bonds. The predicted molar refractivity (Wildman–Crippen MR) is 89.4 cm³/mol. The van der Waals surface area contributed by atoms with Crippen LogP contribution in [0.4, 0.5) is 5.13 Å². The second kappa shape index (κ2) is 7.56. The van der Waals surface area contributed by atoms with E-state index in [0.717, 1.165) is 31.1 Å². The Labute approximate surface area is 136 Å². The molecule has 1 atom stereocenters. The second-order valence-corrected chi connectivity index (χ2v) is 7.08. The Balaban J connectivity index is 0.00000161. The molecule has 4 nitrogen and oxygen atoms in total. The van der Waals surface area contributed by atoms with Gasteiger partial charge < -0.3 is 10.6 Å². The van der Waals surface area contributed by atoms with Crippen LogP contribution in [0.25, 0.3) is 0 Å². The van der Waals surface area contributed by atoms with E-state index in [0.29, 0.717) is 5.92 Å². The Morgan fingerprint density at radius 1 is 1.29 bits per heavy atom. The number of hydrogen-bond donors (Lipinski definition) is 2. The number of aryl methyl sites for hydroxylation is 2. The van der Waals surface area contributed by atoms with Crippen LogP contribution in [0.3, 0.4) is 0 Å². The van der Waals surface area contributed by atoms with E-state index in [-0.39, 0.29) is 24.2 Å². The average Bonchev–Trinajstić information content (AvgIpc) is 2.68. The summed E-state index contributed by atoms with van der Waals surface area (Å²) in [5.74, 6) is 0.678. The van der Waals surface area contributed by atoms with Crippen LogP contribution < -0.4 is 10.6 Å². The molecule has 1 aromatic rings. The second-order valence-electron chi connectivity index (χ2n) is 6.00. The molecule has 2 heterocycles. The highest BCUT2D eigenvalue weighted by molar-refractivity contribution is 7.15. The van der Waals surface area contributed by atoms with E-state index in [1.54, 1.807) is 11.3 Å². The smallest absolute Gasteiger partial charge is 0.229 e. The van der Waals surface area contributed by atoms with Crippen LogP contribution >= 0.6 is 23.7 Å². The summed E-state index contributed by atoms with van der Waals surface area (Å²) in [7, 11) is 0. The maximum atomic E-state index is 12.2. The van der Waals surface area contributed by atoms with E-state index in [2.05, 4.69) is 15.6 Å². The molecule has 0 aromatic carbocycles. The third-order valence-electron chi connectivity index (χ3n) is 4.51. The first kappa shape index (κ1) is 16.7. The van der Waals surface area contributed by atoms with Crippen molar-refractivity contribution >= 4 is 34.8 Å². The fraction of sp³-hybridized carbons (Fsp3) is 0.733. The highest BCUT2D eigenvalue weighted by Gasteiger charge is 2.29. The Kier molecular flexibility index (Phi) is 6.02. The predicted octanol–water partition coefficient (Wildman–Crippen LogP) is 3.02. The zero-order valence-electron chi connectivity index (χ0n) is 12.5. The van der Waals surface area contributed by atoms with Gasteiger partial charge in [0.15, 0.2) is 5.13 Å². The summed E-state index contributed by atoms with van der Waals surface area (Å²) in [5, 5.41) is 7.06. The van der Waals surface area contributed by atoms with Crippen molar-refractivity contribution in [2.45, 2.75) is 45.4 Å². The van der Waals surface area contributed by atoms with Crippen LogP contribution in [0.1, 0.15) is 43.2 Å². The molecule has 6 heteroatoms. The molecule has 1 saturated heterocycles. The fourth-order valence-corrected chi connectivity index (χ4v) is 3.91. The molecule has 2 aliphatic rings. The Bertz CT molecular complexity index is 462. The number of aromatic nitrogens is 1. The largest absolute Gasteiger partial charge is 0.316 e. The van der Waals surface area contributed by atoms with Gasteiger partial charge in [-0.05, 0) is 44.7 Å². The van der Waals surface area contributed by atoms with Gasteiger partial charge in [-0.1, -0.05) is 19.8 Å². The highest BCUT2D eigenvalue weighted by Crippen LogP contribution is 2.29. The Morgan fingerprint density at radius 2 is 2.00 bits per heavy atom. The van der Waals surface area contributed by atoms with Gasteiger partial charge in [-0.25, -0.2) is 4.98 Å². The van der Waals surface area contributed by atoms with Gasteiger partial charge in [-0.15, -0.1) is 23.7 Å². The Hall–Kier alpha value is -0.650. The SMILES string of the molecule is CC(C(=O)Nc1nc2c(s1)CCCCCC2)C1CNC1.Cl. The number of halogens is 1. The van der Waals surface area contributed by atoms with Crippen LogP contribution in [0, 0.1) is 11.8 Å². The maximum Gasteiger partial charge on any atom is 0.229 e. The van der Waals surface area contributed by atoms with E-state index in [1.807, 2.05) is 6.92 Å². The highest BCUT2D eigenvalue weighted by atomic mass is 35.5. The van der Waals surface area contributed by atoms with Gasteiger partial charge in [0.05, 0.1) is 5.69 Å². The number of amides is 1. The third kappa shape index (κ3) is 3.96. The minimum absolute atomic E-state index is 0. The van der Waals surface area contributed by atoms with Gasteiger partial charge in [-0.3, -0.25) is 4.79 Å². The van der Waals surface area contributed by atoms with Crippen molar-refractivity contribution in [2.24, 2.45) is 11.8 Å². The van der Waals surface area contributed by atoms with Crippen molar-refractivity contribution in [2.75, 3.05) is 18.4 Å².